The third-order valence-corrected chi connectivity index (χ3v) is 5.13. The van der Waals surface area contributed by atoms with Crippen molar-refractivity contribution in [2.24, 2.45) is 0 Å². The Balaban J connectivity index is 1.86. The van der Waals surface area contributed by atoms with E-state index in [1.165, 1.54) is 10.5 Å². The molecule has 122 valence electrons. The first kappa shape index (κ1) is 16.9. The molecule has 0 saturated carbocycles. The topological polar surface area (TPSA) is 88.6 Å². The minimum atomic E-state index is -3.41. The van der Waals surface area contributed by atoms with Crippen molar-refractivity contribution in [3.8, 4) is 0 Å². The van der Waals surface area contributed by atoms with Crippen LogP contribution in [0.3, 0.4) is 0 Å². The molecule has 2 atom stereocenters. The van der Waals surface area contributed by atoms with Crippen LogP contribution in [0.1, 0.15) is 24.3 Å². The van der Waals surface area contributed by atoms with Crippen LogP contribution < -0.4 is 5.32 Å². The Morgan fingerprint density at radius 3 is 2.64 bits per heavy atom. The van der Waals surface area contributed by atoms with E-state index in [4.69, 9.17) is 4.74 Å². The van der Waals surface area contributed by atoms with Crippen LogP contribution >= 0.6 is 0 Å². The summed E-state index contributed by atoms with van der Waals surface area (Å²) >= 11 is 0. The number of ether oxygens (including phenoxy) is 1. The van der Waals surface area contributed by atoms with E-state index >= 15 is 0 Å². The summed E-state index contributed by atoms with van der Waals surface area (Å²) in [6.07, 6.45) is 1.27. The van der Waals surface area contributed by atoms with Crippen LogP contribution in [0.4, 0.5) is 0 Å². The highest BCUT2D eigenvalue weighted by atomic mass is 32.2. The molecule has 0 spiro atoms. The zero-order valence-corrected chi connectivity index (χ0v) is 13.5. The van der Waals surface area contributed by atoms with E-state index in [1.54, 1.807) is 18.2 Å². The van der Waals surface area contributed by atoms with Gasteiger partial charge in [0.1, 0.15) is 5.69 Å². The summed E-state index contributed by atoms with van der Waals surface area (Å²) in [5.41, 5.74) is 0.272. The molecule has 1 aliphatic rings. The van der Waals surface area contributed by atoms with Crippen LogP contribution in [0, 0.1) is 0 Å². The van der Waals surface area contributed by atoms with Crippen molar-refractivity contribution in [1.82, 2.24) is 14.6 Å². The average Bonchev–Trinajstić information content (AvgIpc) is 2.47. The van der Waals surface area contributed by atoms with Crippen LogP contribution in [0.25, 0.3) is 0 Å². The van der Waals surface area contributed by atoms with Crippen molar-refractivity contribution < 1.29 is 17.9 Å². The second-order valence-corrected chi connectivity index (χ2v) is 7.45. The Bertz CT molecular complexity index is 596. The number of hydrogen-bond acceptors (Lipinski definition) is 5. The van der Waals surface area contributed by atoms with Gasteiger partial charge in [-0.3, -0.25) is 9.78 Å². The fourth-order valence-electron chi connectivity index (χ4n) is 2.37. The summed E-state index contributed by atoms with van der Waals surface area (Å²) in [6, 6.07) is 4.99. The molecule has 0 bridgehead atoms. The third-order valence-electron chi connectivity index (χ3n) is 3.32. The fraction of sp³-hybridized carbons (Fsp3) is 0.571. The highest BCUT2D eigenvalue weighted by molar-refractivity contribution is 7.89. The van der Waals surface area contributed by atoms with Gasteiger partial charge >= 0.3 is 0 Å². The minimum Gasteiger partial charge on any atom is -0.373 e. The maximum absolute atomic E-state index is 12.3. The standard InChI is InChI=1S/C14H21N3O4S/c1-11-9-17(10-12(2)21-11)22(19,20)8-7-16-14(18)13-5-3-4-6-15-13/h3-6,11-12H,7-10H2,1-2H3,(H,16,18)/t11-,12-/m0/s1. The Morgan fingerprint density at radius 2 is 2.05 bits per heavy atom. The van der Waals surface area contributed by atoms with Crippen molar-refractivity contribution in [3.63, 3.8) is 0 Å². The molecule has 22 heavy (non-hydrogen) atoms. The number of nitrogens with zero attached hydrogens (tertiary/aromatic N) is 2. The number of aromatic nitrogens is 1. The lowest BCUT2D eigenvalue weighted by atomic mass is 10.3. The SMILES string of the molecule is C[C@H]1CN(S(=O)(=O)CCNC(=O)c2ccccn2)C[C@H](C)O1. The number of amides is 1. The molecule has 1 N–H and O–H groups in total. The first-order chi connectivity index (χ1) is 10.4. The lowest BCUT2D eigenvalue weighted by molar-refractivity contribution is -0.0440. The number of carbonyl (C=O) groups excluding carboxylic acids is 1. The number of hydrogen-bond donors (Lipinski definition) is 1. The van der Waals surface area contributed by atoms with Gasteiger partial charge in [0.05, 0.1) is 18.0 Å². The molecule has 2 heterocycles. The van der Waals surface area contributed by atoms with Crippen LogP contribution in [-0.2, 0) is 14.8 Å². The molecule has 0 radical (unpaired) electrons. The lowest BCUT2D eigenvalue weighted by Crippen LogP contribution is -2.49. The normalized spacial score (nSPS) is 23.2. The molecule has 1 saturated heterocycles. The van der Waals surface area contributed by atoms with Gasteiger partial charge in [-0.1, -0.05) is 6.07 Å². The zero-order chi connectivity index (χ0) is 16.2. The van der Waals surface area contributed by atoms with E-state index < -0.39 is 10.0 Å². The first-order valence-electron chi connectivity index (χ1n) is 7.21. The van der Waals surface area contributed by atoms with Crippen LogP contribution in [-0.4, -0.2) is 61.2 Å². The number of rotatable bonds is 5. The number of carbonyl (C=O) groups is 1. The van der Waals surface area contributed by atoms with Crippen LogP contribution in [0.2, 0.25) is 0 Å². The summed E-state index contributed by atoms with van der Waals surface area (Å²) < 4.78 is 31.6. The number of nitrogens with one attached hydrogen (secondary N) is 1. The predicted molar refractivity (Wildman–Crippen MR) is 81.9 cm³/mol. The highest BCUT2D eigenvalue weighted by Gasteiger charge is 2.30. The maximum atomic E-state index is 12.3. The molecule has 8 heteroatoms. The monoisotopic (exact) mass is 327 g/mol. The Labute approximate surface area is 130 Å². The molecule has 1 aromatic rings. The number of morpholine rings is 1. The summed E-state index contributed by atoms with van der Waals surface area (Å²) in [4.78, 5) is 15.7. The summed E-state index contributed by atoms with van der Waals surface area (Å²) in [7, 11) is -3.41. The van der Waals surface area contributed by atoms with Gasteiger partial charge in [0, 0.05) is 25.8 Å². The molecule has 1 aliphatic heterocycles. The van der Waals surface area contributed by atoms with Crippen molar-refractivity contribution in [3.05, 3.63) is 30.1 Å². The summed E-state index contributed by atoms with van der Waals surface area (Å²) in [5.74, 6) is -0.509. The quantitative estimate of drug-likeness (QED) is 0.837. The molecule has 2 rings (SSSR count). The smallest absolute Gasteiger partial charge is 0.269 e. The molecule has 1 aromatic heterocycles. The van der Waals surface area contributed by atoms with E-state index in [9.17, 15) is 13.2 Å². The summed E-state index contributed by atoms with van der Waals surface area (Å²) in [6.45, 7) is 4.45. The lowest BCUT2D eigenvalue weighted by Gasteiger charge is -2.34. The van der Waals surface area contributed by atoms with E-state index in [1.807, 2.05) is 13.8 Å². The second kappa shape index (κ2) is 7.17. The Hall–Kier alpha value is -1.51. The molecule has 0 aliphatic carbocycles. The molecular formula is C14H21N3O4S. The van der Waals surface area contributed by atoms with Crippen LogP contribution in [0.15, 0.2) is 24.4 Å². The van der Waals surface area contributed by atoms with Gasteiger partial charge in [-0.05, 0) is 26.0 Å². The van der Waals surface area contributed by atoms with Gasteiger partial charge in [0.25, 0.3) is 5.91 Å². The first-order valence-corrected chi connectivity index (χ1v) is 8.82. The second-order valence-electron chi connectivity index (χ2n) is 5.36. The van der Waals surface area contributed by atoms with E-state index in [-0.39, 0.29) is 36.1 Å². The van der Waals surface area contributed by atoms with Gasteiger partial charge in [-0.15, -0.1) is 0 Å². The molecule has 0 aromatic carbocycles. The third kappa shape index (κ3) is 4.49. The van der Waals surface area contributed by atoms with E-state index in [2.05, 4.69) is 10.3 Å². The molecule has 0 unspecified atom stereocenters. The van der Waals surface area contributed by atoms with Gasteiger partial charge < -0.3 is 10.1 Å². The van der Waals surface area contributed by atoms with Crippen molar-refractivity contribution in [2.75, 3.05) is 25.4 Å². The van der Waals surface area contributed by atoms with Crippen LogP contribution in [0.5, 0.6) is 0 Å². The fourth-order valence-corrected chi connectivity index (χ4v) is 3.86. The van der Waals surface area contributed by atoms with Gasteiger partial charge in [0.2, 0.25) is 10.0 Å². The number of sulfonamides is 1. The van der Waals surface area contributed by atoms with Crippen molar-refractivity contribution >= 4 is 15.9 Å². The van der Waals surface area contributed by atoms with Gasteiger partial charge in [-0.25, -0.2) is 8.42 Å². The molecule has 1 amide bonds. The maximum Gasteiger partial charge on any atom is 0.269 e. The van der Waals surface area contributed by atoms with E-state index in [0.717, 1.165) is 0 Å². The van der Waals surface area contributed by atoms with Gasteiger partial charge in [0.15, 0.2) is 0 Å². The molecular weight excluding hydrogens is 306 g/mol. The summed E-state index contributed by atoms with van der Waals surface area (Å²) in [5, 5.41) is 2.58. The van der Waals surface area contributed by atoms with Crippen molar-refractivity contribution in [2.45, 2.75) is 26.1 Å². The minimum absolute atomic E-state index is 0.0534. The Morgan fingerprint density at radius 1 is 1.36 bits per heavy atom. The molecule has 1 fully saturated rings. The molecule has 7 nitrogen and oxygen atoms in total. The number of pyridine rings is 1. The van der Waals surface area contributed by atoms with Crippen molar-refractivity contribution in [1.29, 1.82) is 0 Å². The Kier molecular flexibility index (Phi) is 5.49. The van der Waals surface area contributed by atoms with E-state index in [0.29, 0.717) is 13.1 Å². The predicted octanol–water partition coefficient (Wildman–Crippen LogP) is 0.250. The largest absolute Gasteiger partial charge is 0.373 e. The zero-order valence-electron chi connectivity index (χ0n) is 12.7. The average molecular weight is 327 g/mol. The highest BCUT2D eigenvalue weighted by Crippen LogP contribution is 2.14. The van der Waals surface area contributed by atoms with Gasteiger partial charge in [-0.2, -0.15) is 4.31 Å².